The van der Waals surface area contributed by atoms with Crippen molar-refractivity contribution in [2.24, 2.45) is 0 Å². The Balaban J connectivity index is 1.34. The highest BCUT2D eigenvalue weighted by atomic mass is 32.9. The lowest BCUT2D eigenvalue weighted by Crippen LogP contribution is -2.17. The number of carbonyl (C=O) groups is 1. The van der Waals surface area contributed by atoms with Crippen LogP contribution in [0.3, 0.4) is 0 Å². The molecular weight excluding hydrogens is 482 g/mol. The van der Waals surface area contributed by atoms with Gasteiger partial charge in [-0.1, -0.05) is 75.4 Å². The van der Waals surface area contributed by atoms with Gasteiger partial charge in [-0.15, -0.1) is 0 Å². The van der Waals surface area contributed by atoms with Gasteiger partial charge in [-0.3, -0.25) is 4.79 Å². The number of ether oxygens (including phenoxy) is 1. The first-order valence-electron chi connectivity index (χ1n) is 9.92. The molecule has 5 rings (SSSR count). The zero-order valence-corrected chi connectivity index (χ0v) is 19.9. The molecule has 0 saturated carbocycles. The Labute approximate surface area is 202 Å². The molecule has 2 aromatic carbocycles. The summed E-state index contributed by atoms with van der Waals surface area (Å²) in [7, 11) is 2.86. The van der Waals surface area contributed by atoms with Crippen LogP contribution in [0.15, 0.2) is 66.7 Å². The van der Waals surface area contributed by atoms with E-state index in [2.05, 4.69) is 4.57 Å². The van der Waals surface area contributed by atoms with Crippen molar-refractivity contribution >= 4 is 56.0 Å². The van der Waals surface area contributed by atoms with Crippen molar-refractivity contribution < 1.29 is 13.9 Å². The second-order valence-corrected chi connectivity index (χ2v) is 10.7. The SMILES string of the molecule is O=C(Oc1ccc(-c2cc(=S)ss2)c(F)c1)C1CCn2c(C(=S)c3ccccc3)ccc21. The van der Waals surface area contributed by atoms with Crippen molar-refractivity contribution in [3.8, 4) is 16.2 Å². The maximum Gasteiger partial charge on any atom is 0.320 e. The van der Waals surface area contributed by atoms with Crippen LogP contribution in [0.2, 0.25) is 0 Å². The molecule has 3 nitrogen and oxygen atoms in total. The topological polar surface area (TPSA) is 31.2 Å². The van der Waals surface area contributed by atoms with E-state index in [0.717, 1.165) is 30.5 Å². The van der Waals surface area contributed by atoms with Crippen LogP contribution < -0.4 is 4.74 Å². The molecular formula is C24H16FNO2S4. The van der Waals surface area contributed by atoms with Gasteiger partial charge in [-0.2, -0.15) is 0 Å². The Hall–Kier alpha value is -2.52. The monoisotopic (exact) mass is 497 g/mol. The standard InChI is InChI=1S/C24H16FNO2S4/c25-18-12-15(6-7-16(18)21-13-22(29)32-31-21)28-24(27)17-10-11-26-19(17)8-9-20(26)23(30)14-4-2-1-3-5-14/h1-9,12-13,17H,10-11H2. The van der Waals surface area contributed by atoms with Gasteiger partial charge in [0.15, 0.2) is 0 Å². The van der Waals surface area contributed by atoms with Crippen LogP contribution in [-0.2, 0) is 11.3 Å². The van der Waals surface area contributed by atoms with Crippen molar-refractivity contribution in [2.75, 3.05) is 0 Å². The zero-order valence-electron chi connectivity index (χ0n) is 16.6. The quantitative estimate of drug-likeness (QED) is 0.0976. The second kappa shape index (κ2) is 8.78. The lowest BCUT2D eigenvalue weighted by Gasteiger charge is -2.11. The highest BCUT2D eigenvalue weighted by Crippen LogP contribution is 2.35. The molecule has 0 aliphatic carbocycles. The van der Waals surface area contributed by atoms with Gasteiger partial charge in [0.2, 0.25) is 0 Å². The first kappa shape index (κ1) is 21.3. The van der Waals surface area contributed by atoms with Gasteiger partial charge < -0.3 is 9.30 Å². The van der Waals surface area contributed by atoms with Crippen molar-refractivity contribution in [3.63, 3.8) is 0 Å². The van der Waals surface area contributed by atoms with Gasteiger partial charge in [0.25, 0.3) is 0 Å². The molecule has 1 unspecified atom stereocenters. The maximum atomic E-state index is 14.6. The van der Waals surface area contributed by atoms with Crippen LogP contribution in [0.4, 0.5) is 4.39 Å². The number of hydrogen-bond acceptors (Lipinski definition) is 6. The fourth-order valence-electron chi connectivity index (χ4n) is 3.93. The molecule has 1 aliphatic rings. The summed E-state index contributed by atoms with van der Waals surface area (Å²) in [4.78, 5) is 14.4. The van der Waals surface area contributed by atoms with Crippen molar-refractivity contribution in [1.29, 1.82) is 0 Å². The minimum Gasteiger partial charge on any atom is -0.426 e. The summed E-state index contributed by atoms with van der Waals surface area (Å²) in [6.07, 6.45) is 0.623. The van der Waals surface area contributed by atoms with Gasteiger partial charge in [0.1, 0.15) is 15.4 Å². The lowest BCUT2D eigenvalue weighted by molar-refractivity contribution is -0.136. The van der Waals surface area contributed by atoms with E-state index in [1.807, 2.05) is 42.5 Å². The van der Waals surface area contributed by atoms with E-state index in [0.29, 0.717) is 18.5 Å². The maximum absolute atomic E-state index is 14.6. The Morgan fingerprint density at radius 2 is 1.88 bits per heavy atom. The molecule has 2 aromatic heterocycles. The lowest BCUT2D eigenvalue weighted by atomic mass is 10.1. The number of carbonyl (C=O) groups excluding carboxylic acids is 1. The van der Waals surface area contributed by atoms with Crippen molar-refractivity contribution in [1.82, 2.24) is 4.57 Å². The number of benzene rings is 2. The van der Waals surface area contributed by atoms with E-state index in [-0.39, 0.29) is 5.75 Å². The minimum absolute atomic E-state index is 0.195. The molecule has 0 radical (unpaired) electrons. The highest BCUT2D eigenvalue weighted by Gasteiger charge is 2.32. The highest BCUT2D eigenvalue weighted by molar-refractivity contribution is 7.81. The molecule has 160 valence electrons. The number of halogens is 1. The van der Waals surface area contributed by atoms with Crippen LogP contribution in [0.5, 0.6) is 5.75 Å². The van der Waals surface area contributed by atoms with E-state index < -0.39 is 17.7 Å². The summed E-state index contributed by atoms with van der Waals surface area (Å²) < 4.78 is 23.0. The third-order valence-corrected chi connectivity index (χ3v) is 8.79. The Morgan fingerprint density at radius 1 is 1.06 bits per heavy atom. The number of nitrogens with zero attached hydrogens (tertiary/aromatic N) is 1. The summed E-state index contributed by atoms with van der Waals surface area (Å²) in [5, 5.41) is 0. The molecule has 3 heterocycles. The van der Waals surface area contributed by atoms with Gasteiger partial charge in [-0.25, -0.2) is 4.39 Å². The summed E-state index contributed by atoms with van der Waals surface area (Å²) >= 11 is 10.8. The summed E-state index contributed by atoms with van der Waals surface area (Å²) in [5.41, 5.74) is 3.22. The van der Waals surface area contributed by atoms with Crippen LogP contribution in [-0.4, -0.2) is 15.4 Å². The summed E-state index contributed by atoms with van der Waals surface area (Å²) in [6, 6.07) is 20.0. The van der Waals surface area contributed by atoms with E-state index in [4.69, 9.17) is 29.2 Å². The first-order valence-corrected chi connectivity index (χ1v) is 12.9. The third-order valence-electron chi connectivity index (χ3n) is 5.45. The Morgan fingerprint density at radius 3 is 2.59 bits per heavy atom. The fraction of sp³-hybridized carbons (Fsp3) is 0.125. The molecule has 0 bridgehead atoms. The van der Waals surface area contributed by atoms with Crippen LogP contribution in [0.25, 0.3) is 10.4 Å². The predicted molar refractivity (Wildman–Crippen MR) is 133 cm³/mol. The van der Waals surface area contributed by atoms with Crippen molar-refractivity contribution in [3.05, 3.63) is 93.3 Å². The molecule has 32 heavy (non-hydrogen) atoms. The molecule has 0 spiro atoms. The van der Waals surface area contributed by atoms with Crippen LogP contribution in [0.1, 0.15) is 29.3 Å². The first-order chi connectivity index (χ1) is 15.5. The molecule has 8 heteroatoms. The third kappa shape index (κ3) is 3.99. The smallest absolute Gasteiger partial charge is 0.320 e. The zero-order chi connectivity index (χ0) is 22.2. The molecule has 1 atom stereocenters. The van der Waals surface area contributed by atoms with Crippen molar-refractivity contribution in [2.45, 2.75) is 18.9 Å². The predicted octanol–water partition coefficient (Wildman–Crippen LogP) is 7.01. The number of hydrogen-bond donors (Lipinski definition) is 0. The number of fused-ring (bicyclic) bond motifs is 1. The van der Waals surface area contributed by atoms with Gasteiger partial charge in [-0.05, 0) is 42.3 Å². The van der Waals surface area contributed by atoms with Gasteiger partial charge >= 0.3 is 5.97 Å². The van der Waals surface area contributed by atoms with Crippen LogP contribution in [0, 0.1) is 9.64 Å². The minimum atomic E-state index is -0.440. The number of thiocarbonyl (C=S) groups is 1. The number of rotatable bonds is 5. The van der Waals surface area contributed by atoms with Crippen LogP contribution >= 0.6 is 45.1 Å². The second-order valence-electron chi connectivity index (χ2n) is 7.39. The largest absolute Gasteiger partial charge is 0.426 e. The molecule has 0 N–H and O–H groups in total. The average molecular weight is 498 g/mol. The Kier molecular flexibility index (Phi) is 5.86. The fourth-order valence-corrected chi connectivity index (χ4v) is 6.65. The van der Waals surface area contributed by atoms with E-state index >= 15 is 0 Å². The molecule has 1 aliphatic heterocycles. The van der Waals surface area contributed by atoms with E-state index in [1.54, 1.807) is 18.2 Å². The summed E-state index contributed by atoms with van der Waals surface area (Å²) in [5.74, 6) is -1.05. The summed E-state index contributed by atoms with van der Waals surface area (Å²) in [6.45, 7) is 0.681. The number of esters is 1. The van der Waals surface area contributed by atoms with Gasteiger partial charge in [0.05, 0.1) is 21.4 Å². The average Bonchev–Trinajstić information content (AvgIpc) is 3.50. The van der Waals surface area contributed by atoms with E-state index in [9.17, 15) is 9.18 Å². The molecule has 0 amide bonds. The molecule has 0 fully saturated rings. The Bertz CT molecular complexity index is 1390. The molecule has 0 saturated heterocycles. The van der Waals surface area contributed by atoms with E-state index in [1.165, 1.54) is 26.7 Å². The molecule has 4 aromatic rings. The van der Waals surface area contributed by atoms with Gasteiger partial charge in [0, 0.05) is 23.9 Å². The number of aromatic nitrogens is 1. The normalized spacial score (nSPS) is 14.8.